The number of furan rings is 1. The summed E-state index contributed by atoms with van der Waals surface area (Å²) < 4.78 is 5.38. The van der Waals surface area contributed by atoms with Gasteiger partial charge in [0.25, 0.3) is 5.91 Å². The molecule has 0 spiro atoms. The second-order valence-electron chi connectivity index (χ2n) is 4.62. The van der Waals surface area contributed by atoms with Crippen LogP contribution in [0.4, 0.5) is 0 Å². The number of aliphatic carboxylic acids is 1. The fraction of sp³-hybridized carbons (Fsp3) is 0.267. The third kappa shape index (κ3) is 3.47. The van der Waals surface area contributed by atoms with E-state index >= 15 is 0 Å². The van der Waals surface area contributed by atoms with Crippen LogP contribution in [0.25, 0.3) is 11.1 Å². The predicted molar refractivity (Wildman–Crippen MR) is 77.1 cm³/mol. The molecule has 1 amide bonds. The lowest BCUT2D eigenvalue weighted by atomic mass is 10.2. The van der Waals surface area contributed by atoms with Crippen LogP contribution in [0.1, 0.15) is 29.6 Å². The molecule has 0 aromatic carbocycles. The third-order valence-electron chi connectivity index (χ3n) is 2.95. The Labute approximate surface area is 121 Å². The first-order chi connectivity index (χ1) is 10.0. The maximum absolute atomic E-state index is 12.1. The zero-order valence-electron chi connectivity index (χ0n) is 11.8. The minimum absolute atomic E-state index is 0.0508. The van der Waals surface area contributed by atoms with Crippen LogP contribution in [0.15, 0.2) is 34.8 Å². The first-order valence-corrected chi connectivity index (χ1v) is 6.53. The summed E-state index contributed by atoms with van der Waals surface area (Å²) in [5.74, 6) is -1.61. The van der Waals surface area contributed by atoms with Gasteiger partial charge in [-0.2, -0.15) is 0 Å². The number of allylic oxidation sites excluding steroid dienone is 1. The quantitative estimate of drug-likeness (QED) is 0.823. The van der Waals surface area contributed by atoms with Gasteiger partial charge in [0.1, 0.15) is 11.6 Å². The number of nitrogens with zero attached hydrogens (tertiary/aromatic N) is 1. The van der Waals surface area contributed by atoms with Gasteiger partial charge in [-0.3, -0.25) is 4.79 Å². The Kier molecular flexibility index (Phi) is 4.37. The van der Waals surface area contributed by atoms with E-state index in [1.807, 2.05) is 6.92 Å². The van der Waals surface area contributed by atoms with Gasteiger partial charge >= 0.3 is 5.97 Å². The number of carbonyl (C=O) groups excluding carboxylic acids is 1. The van der Waals surface area contributed by atoms with Crippen molar-refractivity contribution in [2.24, 2.45) is 0 Å². The van der Waals surface area contributed by atoms with Crippen LogP contribution >= 0.6 is 0 Å². The van der Waals surface area contributed by atoms with Gasteiger partial charge in [-0.05, 0) is 32.4 Å². The molecule has 0 bridgehead atoms. The average molecular weight is 288 g/mol. The molecule has 2 aromatic rings. The minimum Gasteiger partial charge on any atom is -0.480 e. The molecule has 2 N–H and O–H groups in total. The van der Waals surface area contributed by atoms with Crippen molar-refractivity contribution in [3.8, 4) is 0 Å². The van der Waals surface area contributed by atoms with E-state index in [9.17, 15) is 9.59 Å². The Morgan fingerprint density at radius 3 is 2.90 bits per heavy atom. The van der Waals surface area contributed by atoms with Gasteiger partial charge in [-0.25, -0.2) is 9.78 Å². The van der Waals surface area contributed by atoms with E-state index in [0.29, 0.717) is 11.1 Å². The molecule has 6 heteroatoms. The lowest BCUT2D eigenvalue weighted by Crippen LogP contribution is -2.40. The van der Waals surface area contributed by atoms with E-state index in [-0.39, 0.29) is 12.2 Å². The van der Waals surface area contributed by atoms with Crippen LogP contribution in [0.5, 0.6) is 0 Å². The number of fused-ring (bicyclic) bond motifs is 1. The summed E-state index contributed by atoms with van der Waals surface area (Å²) in [6.07, 6.45) is 3.63. The van der Waals surface area contributed by atoms with Crippen molar-refractivity contribution < 1.29 is 19.1 Å². The van der Waals surface area contributed by atoms with Gasteiger partial charge in [0, 0.05) is 11.8 Å². The van der Waals surface area contributed by atoms with E-state index in [4.69, 9.17) is 9.52 Å². The summed E-state index contributed by atoms with van der Waals surface area (Å²) in [5.41, 5.74) is 1.87. The number of nitrogens with one attached hydrogen (secondary N) is 1. The second-order valence-corrected chi connectivity index (χ2v) is 4.62. The normalized spacial score (nSPS) is 12.7. The Hall–Kier alpha value is -2.63. The largest absolute Gasteiger partial charge is 0.480 e. The summed E-state index contributed by atoms with van der Waals surface area (Å²) >= 11 is 0. The fourth-order valence-electron chi connectivity index (χ4n) is 1.86. The number of carboxylic acids is 1. The van der Waals surface area contributed by atoms with Crippen LogP contribution < -0.4 is 5.32 Å². The van der Waals surface area contributed by atoms with Crippen LogP contribution in [0, 0.1) is 6.92 Å². The van der Waals surface area contributed by atoms with Crippen molar-refractivity contribution in [2.75, 3.05) is 0 Å². The lowest BCUT2D eigenvalue weighted by Gasteiger charge is -2.11. The lowest BCUT2D eigenvalue weighted by molar-refractivity contribution is -0.139. The van der Waals surface area contributed by atoms with Crippen LogP contribution in [0.3, 0.4) is 0 Å². The van der Waals surface area contributed by atoms with Gasteiger partial charge in [-0.15, -0.1) is 0 Å². The zero-order valence-corrected chi connectivity index (χ0v) is 11.8. The Balaban J connectivity index is 2.18. The molecule has 0 radical (unpaired) electrons. The van der Waals surface area contributed by atoms with Crippen LogP contribution in [0.2, 0.25) is 0 Å². The predicted octanol–water partition coefficient (Wildman–Crippen LogP) is 2.29. The number of carboxylic acid groups (broad SMARTS) is 1. The van der Waals surface area contributed by atoms with Crippen LogP contribution in [-0.2, 0) is 4.79 Å². The molecule has 6 nitrogen and oxygen atoms in total. The first kappa shape index (κ1) is 14.8. The number of rotatable bonds is 5. The number of hydrogen-bond acceptors (Lipinski definition) is 4. The van der Waals surface area contributed by atoms with Crippen molar-refractivity contribution in [1.29, 1.82) is 0 Å². The third-order valence-corrected chi connectivity index (χ3v) is 2.95. The molecule has 0 fully saturated rings. The van der Waals surface area contributed by atoms with E-state index in [0.717, 1.165) is 5.69 Å². The fourth-order valence-corrected chi connectivity index (χ4v) is 1.86. The molecule has 0 saturated carbocycles. The molecule has 0 saturated heterocycles. The summed E-state index contributed by atoms with van der Waals surface area (Å²) in [4.78, 5) is 27.4. The molecule has 1 unspecified atom stereocenters. The molecule has 0 aliphatic heterocycles. The Morgan fingerprint density at radius 2 is 2.24 bits per heavy atom. The minimum atomic E-state index is -1.09. The van der Waals surface area contributed by atoms with Gasteiger partial charge < -0.3 is 14.8 Å². The average Bonchev–Trinajstić information content (AvgIpc) is 2.85. The highest BCUT2D eigenvalue weighted by molar-refractivity contribution is 5.97. The molecular formula is C15H16N2O4. The van der Waals surface area contributed by atoms with Gasteiger partial charge in [-0.1, -0.05) is 12.2 Å². The number of aryl methyl sites for hydroxylation is 1. The highest BCUT2D eigenvalue weighted by Gasteiger charge is 2.21. The van der Waals surface area contributed by atoms with E-state index in [2.05, 4.69) is 10.3 Å². The summed E-state index contributed by atoms with van der Waals surface area (Å²) in [5, 5.41) is 11.5. The smallest absolute Gasteiger partial charge is 0.326 e. The van der Waals surface area contributed by atoms with Crippen molar-refractivity contribution >= 4 is 23.0 Å². The van der Waals surface area contributed by atoms with Crippen molar-refractivity contribution in [3.63, 3.8) is 0 Å². The summed E-state index contributed by atoms with van der Waals surface area (Å²) in [7, 11) is 0. The Bertz CT molecular complexity index is 703. The topological polar surface area (TPSA) is 92.4 Å². The molecule has 2 heterocycles. The molecular weight excluding hydrogens is 272 g/mol. The van der Waals surface area contributed by atoms with E-state index in [1.54, 1.807) is 31.2 Å². The first-order valence-electron chi connectivity index (χ1n) is 6.53. The molecule has 110 valence electrons. The molecule has 0 aliphatic rings. The van der Waals surface area contributed by atoms with Gasteiger partial charge in [0.2, 0.25) is 0 Å². The maximum atomic E-state index is 12.1. The highest BCUT2D eigenvalue weighted by atomic mass is 16.4. The van der Waals surface area contributed by atoms with Crippen molar-refractivity contribution in [1.82, 2.24) is 10.3 Å². The van der Waals surface area contributed by atoms with Crippen molar-refractivity contribution in [3.05, 3.63) is 41.8 Å². The number of hydrogen-bond donors (Lipinski definition) is 2. The number of amides is 1. The number of pyridine rings is 1. The maximum Gasteiger partial charge on any atom is 0.326 e. The second kappa shape index (κ2) is 6.21. The van der Waals surface area contributed by atoms with Crippen LogP contribution in [-0.4, -0.2) is 28.0 Å². The van der Waals surface area contributed by atoms with E-state index in [1.165, 1.54) is 6.07 Å². The molecule has 21 heavy (non-hydrogen) atoms. The van der Waals surface area contributed by atoms with Gasteiger partial charge in [0.05, 0.1) is 0 Å². The molecule has 0 aliphatic carbocycles. The molecule has 2 aromatic heterocycles. The highest BCUT2D eigenvalue weighted by Crippen LogP contribution is 2.18. The standard InChI is InChI=1S/C15H16N2O4/c1-3-4-5-10(15(19)20)17-14(18)13-8-11-12(21-13)7-6-9(2)16-11/h3-4,6-8,10H,5H2,1-2H3,(H,17,18)(H,19,20)/b4-3+. The van der Waals surface area contributed by atoms with E-state index < -0.39 is 17.9 Å². The SMILES string of the molecule is C/C=C/CC(NC(=O)c1cc2nc(C)ccc2o1)C(=O)O. The zero-order chi connectivity index (χ0) is 15.4. The van der Waals surface area contributed by atoms with Gasteiger partial charge in [0.15, 0.2) is 11.3 Å². The summed E-state index contributed by atoms with van der Waals surface area (Å²) in [6, 6.07) is 4.02. The monoisotopic (exact) mass is 288 g/mol. The number of carbonyl (C=O) groups is 2. The van der Waals surface area contributed by atoms with Crippen molar-refractivity contribution in [2.45, 2.75) is 26.3 Å². The molecule has 2 rings (SSSR count). The summed E-state index contributed by atoms with van der Waals surface area (Å²) in [6.45, 7) is 3.62. The molecule has 1 atom stereocenters. The Morgan fingerprint density at radius 1 is 1.48 bits per heavy atom. The number of aromatic nitrogens is 1.